The fraction of sp³-hybridized carbons (Fsp3) is 0. The van der Waals surface area contributed by atoms with Crippen LogP contribution in [0, 0.1) is 5.82 Å². The normalized spacial score (nSPS) is 10.1. The van der Waals surface area contributed by atoms with Crippen LogP contribution in [-0.4, -0.2) is 7.85 Å². The highest BCUT2D eigenvalue weighted by atomic mass is 19.1. The van der Waals surface area contributed by atoms with E-state index in [1.54, 1.807) is 20.0 Å². The molecule has 2 aromatic rings. The van der Waals surface area contributed by atoms with Gasteiger partial charge in [0.05, 0.1) is 0 Å². The Morgan fingerprint density at radius 3 is 2.21 bits per heavy atom. The number of hydrogen-bond donors (Lipinski definition) is 0. The minimum Gasteiger partial charge on any atom is -0.208 e. The number of hydrogen-bond acceptors (Lipinski definition) is 0. The molecule has 0 fully saturated rings. The topological polar surface area (TPSA) is 0 Å². The largest absolute Gasteiger partial charge is 0.208 e. The van der Waals surface area contributed by atoms with Crippen molar-refractivity contribution in [1.29, 1.82) is 0 Å². The first-order valence-corrected chi connectivity index (χ1v) is 4.59. The molecule has 0 unspecified atom stereocenters. The molecule has 0 aliphatic heterocycles. The SMILES string of the molecule is Bc1ccc(-c2ccccc2)cc1F. The molecule has 2 aromatic carbocycles. The average Bonchev–Trinajstić information content (AvgIpc) is 2.23. The Morgan fingerprint density at radius 1 is 0.857 bits per heavy atom. The molecule has 68 valence electrons. The van der Waals surface area contributed by atoms with Crippen molar-refractivity contribution in [3.63, 3.8) is 0 Å². The van der Waals surface area contributed by atoms with E-state index in [0.717, 1.165) is 11.1 Å². The molecule has 0 aromatic heterocycles. The van der Waals surface area contributed by atoms with Crippen molar-refractivity contribution in [2.24, 2.45) is 0 Å². The van der Waals surface area contributed by atoms with Crippen LogP contribution in [0.4, 0.5) is 4.39 Å². The molecule has 0 bridgehead atoms. The van der Waals surface area contributed by atoms with Gasteiger partial charge in [-0.1, -0.05) is 47.9 Å². The lowest BCUT2D eigenvalue weighted by molar-refractivity contribution is 0.636. The fourth-order valence-corrected chi connectivity index (χ4v) is 1.40. The Bertz CT molecular complexity index is 437. The maximum atomic E-state index is 13.3. The number of halogens is 1. The Balaban J connectivity index is 2.48. The molecular formula is C12H10BF. The van der Waals surface area contributed by atoms with Crippen molar-refractivity contribution in [1.82, 2.24) is 0 Å². The summed E-state index contributed by atoms with van der Waals surface area (Å²) in [4.78, 5) is 0. The molecule has 2 heteroatoms. The van der Waals surface area contributed by atoms with E-state index in [-0.39, 0.29) is 5.82 Å². The summed E-state index contributed by atoms with van der Waals surface area (Å²) in [5.41, 5.74) is 2.66. The zero-order chi connectivity index (χ0) is 9.97. The van der Waals surface area contributed by atoms with Crippen LogP contribution in [0.2, 0.25) is 0 Å². The Hall–Kier alpha value is -1.57. The summed E-state index contributed by atoms with van der Waals surface area (Å²) in [6, 6.07) is 15.1. The van der Waals surface area contributed by atoms with Gasteiger partial charge in [0.25, 0.3) is 0 Å². The predicted octanol–water partition coefficient (Wildman–Crippen LogP) is 1.75. The van der Waals surface area contributed by atoms with Crippen LogP contribution in [0.15, 0.2) is 48.5 Å². The first kappa shape index (κ1) is 9.01. The van der Waals surface area contributed by atoms with Gasteiger partial charge in [0, 0.05) is 0 Å². The lowest BCUT2D eigenvalue weighted by Gasteiger charge is -2.02. The molecule has 0 aliphatic rings. The first-order chi connectivity index (χ1) is 6.77. The zero-order valence-electron chi connectivity index (χ0n) is 8.00. The fourth-order valence-electron chi connectivity index (χ4n) is 1.40. The third kappa shape index (κ3) is 1.69. The van der Waals surface area contributed by atoms with Gasteiger partial charge in [0.15, 0.2) is 0 Å². The van der Waals surface area contributed by atoms with Crippen LogP contribution in [-0.2, 0) is 0 Å². The van der Waals surface area contributed by atoms with E-state index in [0.29, 0.717) is 5.46 Å². The second-order valence-electron chi connectivity index (χ2n) is 3.33. The monoisotopic (exact) mass is 184 g/mol. The van der Waals surface area contributed by atoms with E-state index in [2.05, 4.69) is 0 Å². The second-order valence-corrected chi connectivity index (χ2v) is 3.33. The second kappa shape index (κ2) is 3.66. The molecule has 0 saturated carbocycles. The van der Waals surface area contributed by atoms with Crippen LogP contribution >= 0.6 is 0 Å². The molecule has 0 radical (unpaired) electrons. The summed E-state index contributed by atoms with van der Waals surface area (Å²) in [7, 11) is 1.77. The van der Waals surface area contributed by atoms with Gasteiger partial charge >= 0.3 is 0 Å². The summed E-state index contributed by atoms with van der Waals surface area (Å²) in [5.74, 6) is -0.147. The van der Waals surface area contributed by atoms with Gasteiger partial charge in [-0.05, 0) is 17.2 Å². The summed E-state index contributed by atoms with van der Waals surface area (Å²) in [6.07, 6.45) is 0. The third-order valence-electron chi connectivity index (χ3n) is 2.28. The average molecular weight is 184 g/mol. The van der Waals surface area contributed by atoms with Crippen LogP contribution < -0.4 is 5.46 Å². The lowest BCUT2D eigenvalue weighted by atomic mass is 9.93. The Labute approximate surface area is 83.8 Å². The van der Waals surface area contributed by atoms with Crippen molar-refractivity contribution in [2.45, 2.75) is 0 Å². The molecular weight excluding hydrogens is 174 g/mol. The summed E-state index contributed by atoms with van der Waals surface area (Å²) in [5, 5.41) is 0. The number of rotatable bonds is 1. The standard InChI is InChI=1S/C12H10BF/c13-11-7-6-10(8-12(11)14)9-4-2-1-3-5-9/h1-8H,13H2. The van der Waals surface area contributed by atoms with Crippen molar-refractivity contribution in [3.05, 3.63) is 54.3 Å². The highest BCUT2D eigenvalue weighted by Crippen LogP contribution is 2.18. The van der Waals surface area contributed by atoms with Gasteiger partial charge < -0.3 is 0 Å². The zero-order valence-corrected chi connectivity index (χ0v) is 8.00. The molecule has 0 nitrogen and oxygen atoms in total. The van der Waals surface area contributed by atoms with Gasteiger partial charge in [-0.25, -0.2) is 4.39 Å². The Kier molecular flexibility index (Phi) is 2.36. The molecule has 0 aliphatic carbocycles. The van der Waals surface area contributed by atoms with E-state index in [4.69, 9.17) is 0 Å². The van der Waals surface area contributed by atoms with E-state index >= 15 is 0 Å². The molecule has 0 N–H and O–H groups in total. The van der Waals surface area contributed by atoms with Gasteiger partial charge in [-0.15, -0.1) is 0 Å². The van der Waals surface area contributed by atoms with E-state index in [1.807, 2.05) is 36.4 Å². The maximum absolute atomic E-state index is 13.3. The van der Waals surface area contributed by atoms with E-state index in [1.165, 1.54) is 0 Å². The van der Waals surface area contributed by atoms with Gasteiger partial charge in [0.1, 0.15) is 13.7 Å². The third-order valence-corrected chi connectivity index (χ3v) is 2.28. The molecule has 0 atom stereocenters. The number of benzene rings is 2. The summed E-state index contributed by atoms with van der Waals surface area (Å²) >= 11 is 0. The van der Waals surface area contributed by atoms with Gasteiger partial charge in [-0.2, -0.15) is 0 Å². The smallest absolute Gasteiger partial charge is 0.143 e. The van der Waals surface area contributed by atoms with Crippen LogP contribution in [0.3, 0.4) is 0 Å². The Morgan fingerprint density at radius 2 is 1.57 bits per heavy atom. The van der Waals surface area contributed by atoms with Crippen molar-refractivity contribution >= 4 is 13.3 Å². The lowest BCUT2D eigenvalue weighted by Crippen LogP contribution is -2.07. The van der Waals surface area contributed by atoms with E-state index < -0.39 is 0 Å². The highest BCUT2D eigenvalue weighted by Gasteiger charge is 2.00. The van der Waals surface area contributed by atoms with Crippen molar-refractivity contribution in [2.75, 3.05) is 0 Å². The molecule has 0 spiro atoms. The minimum atomic E-state index is -0.147. The molecule has 2 rings (SSSR count). The highest BCUT2D eigenvalue weighted by molar-refractivity contribution is 6.32. The predicted molar refractivity (Wildman–Crippen MR) is 60.0 cm³/mol. The first-order valence-electron chi connectivity index (χ1n) is 4.59. The van der Waals surface area contributed by atoms with Crippen molar-refractivity contribution in [3.8, 4) is 11.1 Å². The molecule has 0 saturated heterocycles. The van der Waals surface area contributed by atoms with Crippen molar-refractivity contribution < 1.29 is 4.39 Å². The molecule has 0 heterocycles. The van der Waals surface area contributed by atoms with E-state index in [9.17, 15) is 4.39 Å². The quantitative estimate of drug-likeness (QED) is 0.592. The van der Waals surface area contributed by atoms with Gasteiger partial charge in [0.2, 0.25) is 0 Å². The summed E-state index contributed by atoms with van der Waals surface area (Å²) in [6.45, 7) is 0. The van der Waals surface area contributed by atoms with Crippen LogP contribution in [0.25, 0.3) is 11.1 Å². The van der Waals surface area contributed by atoms with Crippen LogP contribution in [0.1, 0.15) is 0 Å². The minimum absolute atomic E-state index is 0.147. The molecule has 14 heavy (non-hydrogen) atoms. The maximum Gasteiger partial charge on any atom is 0.143 e. The molecule has 0 amide bonds. The summed E-state index contributed by atoms with van der Waals surface area (Å²) < 4.78 is 13.3. The van der Waals surface area contributed by atoms with Gasteiger partial charge in [-0.3, -0.25) is 0 Å². The van der Waals surface area contributed by atoms with Crippen LogP contribution in [0.5, 0.6) is 0 Å².